The number of rotatable bonds is 5. The molecule has 0 amide bonds. The third-order valence-corrected chi connectivity index (χ3v) is 4.37. The predicted octanol–water partition coefficient (Wildman–Crippen LogP) is 3.60. The number of hydrogen-bond acceptors (Lipinski definition) is 2. The third kappa shape index (κ3) is 3.58. The zero-order valence-corrected chi connectivity index (χ0v) is 11.9. The Kier molecular flexibility index (Phi) is 4.19. The van der Waals surface area contributed by atoms with Crippen LogP contribution in [0.3, 0.4) is 0 Å². The maximum absolute atomic E-state index is 5.82. The van der Waals surface area contributed by atoms with Crippen molar-refractivity contribution in [2.75, 3.05) is 13.2 Å². The monoisotopic (exact) mass is 259 g/mol. The van der Waals surface area contributed by atoms with Crippen LogP contribution in [0.25, 0.3) is 0 Å². The molecule has 2 heteroatoms. The van der Waals surface area contributed by atoms with Gasteiger partial charge in [-0.1, -0.05) is 29.8 Å². The van der Waals surface area contributed by atoms with E-state index in [1.807, 2.05) is 0 Å². The molecule has 2 nitrogen and oxygen atoms in total. The first-order chi connectivity index (χ1) is 9.33. The van der Waals surface area contributed by atoms with Gasteiger partial charge in [-0.25, -0.2) is 0 Å². The van der Waals surface area contributed by atoms with Crippen LogP contribution >= 0.6 is 0 Å². The number of benzene rings is 1. The Balaban J connectivity index is 1.59. The van der Waals surface area contributed by atoms with E-state index in [4.69, 9.17) is 4.74 Å². The summed E-state index contributed by atoms with van der Waals surface area (Å²) in [5.41, 5.74) is 2.79. The first kappa shape index (κ1) is 13.1. The van der Waals surface area contributed by atoms with Gasteiger partial charge in [0.05, 0.1) is 6.10 Å². The van der Waals surface area contributed by atoms with Crippen molar-refractivity contribution in [3.05, 3.63) is 35.4 Å². The second-order valence-electron chi connectivity index (χ2n) is 6.12. The van der Waals surface area contributed by atoms with Gasteiger partial charge in [0.1, 0.15) is 0 Å². The van der Waals surface area contributed by atoms with Crippen molar-refractivity contribution in [2.24, 2.45) is 5.92 Å². The molecule has 104 valence electrons. The molecule has 1 aromatic rings. The van der Waals surface area contributed by atoms with Crippen molar-refractivity contribution in [1.82, 2.24) is 5.32 Å². The molecule has 1 saturated heterocycles. The van der Waals surface area contributed by atoms with E-state index in [0.717, 1.165) is 19.1 Å². The highest BCUT2D eigenvalue weighted by atomic mass is 16.5. The molecule has 1 N–H and O–H groups in total. The van der Waals surface area contributed by atoms with Crippen LogP contribution in [0.1, 0.15) is 49.3 Å². The topological polar surface area (TPSA) is 21.3 Å². The van der Waals surface area contributed by atoms with Gasteiger partial charge in [-0.05, 0) is 50.5 Å². The first-order valence-electron chi connectivity index (χ1n) is 7.74. The fourth-order valence-corrected chi connectivity index (χ4v) is 2.99. The summed E-state index contributed by atoms with van der Waals surface area (Å²) >= 11 is 0. The zero-order chi connectivity index (χ0) is 13.1. The van der Waals surface area contributed by atoms with Gasteiger partial charge >= 0.3 is 0 Å². The minimum absolute atomic E-state index is 0.431. The van der Waals surface area contributed by atoms with E-state index < -0.39 is 0 Å². The quantitative estimate of drug-likeness (QED) is 0.872. The molecule has 19 heavy (non-hydrogen) atoms. The Morgan fingerprint density at radius 3 is 2.58 bits per heavy atom. The second kappa shape index (κ2) is 6.06. The van der Waals surface area contributed by atoms with E-state index >= 15 is 0 Å². The summed E-state index contributed by atoms with van der Waals surface area (Å²) in [5, 5.41) is 3.76. The molecule has 2 atom stereocenters. The Labute approximate surface area is 116 Å². The SMILES string of the molecule is Cc1ccc([C@H](NC[C@@H]2CCCCO2)C2CC2)cc1. The Morgan fingerprint density at radius 1 is 1.16 bits per heavy atom. The minimum Gasteiger partial charge on any atom is -0.377 e. The fourth-order valence-electron chi connectivity index (χ4n) is 2.99. The van der Waals surface area contributed by atoms with E-state index in [1.54, 1.807) is 0 Å². The summed E-state index contributed by atoms with van der Waals surface area (Å²) in [7, 11) is 0. The molecule has 0 spiro atoms. The van der Waals surface area contributed by atoms with Crippen LogP contribution in [0, 0.1) is 12.8 Å². The average molecular weight is 259 g/mol. The lowest BCUT2D eigenvalue weighted by Crippen LogP contribution is -2.34. The molecule has 1 aliphatic carbocycles. The lowest BCUT2D eigenvalue weighted by molar-refractivity contribution is 0.0149. The average Bonchev–Trinajstić information content (AvgIpc) is 3.27. The lowest BCUT2D eigenvalue weighted by atomic mass is 10.0. The fraction of sp³-hybridized carbons (Fsp3) is 0.647. The molecule has 1 aromatic carbocycles. The summed E-state index contributed by atoms with van der Waals surface area (Å²) in [6.45, 7) is 4.11. The van der Waals surface area contributed by atoms with Gasteiger partial charge in [0.15, 0.2) is 0 Å². The van der Waals surface area contributed by atoms with Gasteiger partial charge in [0.2, 0.25) is 0 Å². The maximum atomic E-state index is 5.82. The molecule has 1 heterocycles. The van der Waals surface area contributed by atoms with Crippen LogP contribution in [0.2, 0.25) is 0 Å². The molecule has 2 fully saturated rings. The highest BCUT2D eigenvalue weighted by Crippen LogP contribution is 2.41. The van der Waals surface area contributed by atoms with Gasteiger partial charge < -0.3 is 10.1 Å². The van der Waals surface area contributed by atoms with E-state index in [9.17, 15) is 0 Å². The highest BCUT2D eigenvalue weighted by molar-refractivity contribution is 5.25. The molecule has 3 rings (SSSR count). The lowest BCUT2D eigenvalue weighted by Gasteiger charge is -2.26. The van der Waals surface area contributed by atoms with Crippen LogP contribution in [-0.4, -0.2) is 19.3 Å². The van der Waals surface area contributed by atoms with Crippen molar-refractivity contribution in [3.63, 3.8) is 0 Å². The molecular weight excluding hydrogens is 234 g/mol. The van der Waals surface area contributed by atoms with Crippen molar-refractivity contribution in [2.45, 2.75) is 51.2 Å². The van der Waals surface area contributed by atoms with Crippen LogP contribution in [0.4, 0.5) is 0 Å². The number of hydrogen-bond donors (Lipinski definition) is 1. The Hall–Kier alpha value is -0.860. The third-order valence-electron chi connectivity index (χ3n) is 4.37. The summed E-state index contributed by atoms with van der Waals surface area (Å²) in [6.07, 6.45) is 6.96. The van der Waals surface area contributed by atoms with Gasteiger partial charge in [-0.2, -0.15) is 0 Å². The van der Waals surface area contributed by atoms with Crippen molar-refractivity contribution < 1.29 is 4.74 Å². The van der Waals surface area contributed by atoms with Crippen LogP contribution in [-0.2, 0) is 4.74 Å². The largest absolute Gasteiger partial charge is 0.377 e. The van der Waals surface area contributed by atoms with E-state index in [0.29, 0.717) is 12.1 Å². The van der Waals surface area contributed by atoms with Crippen molar-refractivity contribution in [1.29, 1.82) is 0 Å². The van der Waals surface area contributed by atoms with Crippen LogP contribution < -0.4 is 5.32 Å². The Morgan fingerprint density at radius 2 is 1.95 bits per heavy atom. The predicted molar refractivity (Wildman–Crippen MR) is 78.2 cm³/mol. The number of ether oxygens (including phenoxy) is 1. The van der Waals surface area contributed by atoms with Gasteiger partial charge in [-0.3, -0.25) is 0 Å². The number of nitrogens with one attached hydrogen (secondary N) is 1. The molecular formula is C17H25NO. The van der Waals surface area contributed by atoms with Gasteiger partial charge in [0.25, 0.3) is 0 Å². The summed E-state index contributed by atoms with van der Waals surface area (Å²) in [5.74, 6) is 0.839. The van der Waals surface area contributed by atoms with E-state index in [1.165, 1.54) is 43.2 Å². The first-order valence-corrected chi connectivity index (χ1v) is 7.74. The van der Waals surface area contributed by atoms with Gasteiger partial charge in [0, 0.05) is 19.2 Å². The molecule has 1 saturated carbocycles. The van der Waals surface area contributed by atoms with Crippen molar-refractivity contribution in [3.8, 4) is 0 Å². The normalized spacial score (nSPS) is 25.2. The standard InChI is InChI=1S/C17H25NO/c1-13-5-7-14(8-6-13)17(15-9-10-15)18-12-16-4-2-3-11-19-16/h5-8,15-18H,2-4,9-12H2,1H3/t16-,17-/m0/s1. The molecule has 0 bridgehead atoms. The molecule has 1 aliphatic heterocycles. The van der Waals surface area contributed by atoms with Crippen LogP contribution in [0.15, 0.2) is 24.3 Å². The van der Waals surface area contributed by atoms with Crippen LogP contribution in [0.5, 0.6) is 0 Å². The second-order valence-corrected chi connectivity index (χ2v) is 6.12. The van der Waals surface area contributed by atoms with Crippen molar-refractivity contribution >= 4 is 0 Å². The van der Waals surface area contributed by atoms with E-state index in [-0.39, 0.29) is 0 Å². The highest BCUT2D eigenvalue weighted by Gasteiger charge is 2.32. The zero-order valence-electron chi connectivity index (χ0n) is 11.9. The van der Waals surface area contributed by atoms with Gasteiger partial charge in [-0.15, -0.1) is 0 Å². The Bertz CT molecular complexity index is 390. The van der Waals surface area contributed by atoms with E-state index in [2.05, 4.69) is 36.5 Å². The summed E-state index contributed by atoms with van der Waals surface area (Å²) in [6, 6.07) is 9.55. The summed E-state index contributed by atoms with van der Waals surface area (Å²) in [4.78, 5) is 0. The minimum atomic E-state index is 0.431. The smallest absolute Gasteiger partial charge is 0.0699 e. The molecule has 2 aliphatic rings. The summed E-state index contributed by atoms with van der Waals surface area (Å²) < 4.78 is 5.82. The molecule has 0 aromatic heterocycles. The number of aryl methyl sites for hydroxylation is 1. The molecule has 0 unspecified atom stereocenters. The maximum Gasteiger partial charge on any atom is 0.0699 e. The molecule has 0 radical (unpaired) electrons.